The van der Waals surface area contributed by atoms with Crippen molar-refractivity contribution in [1.29, 1.82) is 0 Å². The molecule has 0 fully saturated rings. The van der Waals surface area contributed by atoms with Gasteiger partial charge in [0.1, 0.15) is 5.76 Å². The van der Waals surface area contributed by atoms with Gasteiger partial charge >= 0.3 is 0 Å². The molecule has 4 aliphatic rings. The number of rotatable bonds is 3. The third-order valence-corrected chi connectivity index (χ3v) is 6.12. The van der Waals surface area contributed by atoms with Crippen LogP contribution in [0.1, 0.15) is 81.1 Å². The summed E-state index contributed by atoms with van der Waals surface area (Å²) in [7, 11) is 0. The van der Waals surface area contributed by atoms with E-state index in [1.54, 1.807) is 0 Å². The van der Waals surface area contributed by atoms with E-state index in [0.29, 0.717) is 0 Å². The minimum atomic E-state index is -0.476. The highest BCUT2D eigenvalue weighted by molar-refractivity contribution is 5.64. The first-order chi connectivity index (χ1) is 15.0. The van der Waals surface area contributed by atoms with E-state index in [1.165, 1.54) is 40.7 Å². The minimum absolute atomic E-state index is 0.0317. The van der Waals surface area contributed by atoms with Crippen LogP contribution in [0.3, 0.4) is 0 Å². The van der Waals surface area contributed by atoms with Crippen molar-refractivity contribution in [3.8, 4) is 0 Å². The fourth-order valence-corrected chi connectivity index (χ4v) is 4.62. The molecule has 1 heteroatoms. The molecule has 0 spiro atoms. The second-order valence-electron chi connectivity index (χ2n) is 8.24. The van der Waals surface area contributed by atoms with Crippen molar-refractivity contribution in [2.75, 3.05) is 0 Å². The maximum atomic E-state index is 6.97. The zero-order chi connectivity index (χ0) is 23.1. The minimum Gasteiger partial charge on any atom is -0.473 e. The van der Waals surface area contributed by atoms with Crippen molar-refractivity contribution < 1.29 is 4.74 Å². The highest BCUT2D eigenvalue weighted by Crippen LogP contribution is 2.55. The van der Waals surface area contributed by atoms with E-state index >= 15 is 0 Å². The first-order valence-electron chi connectivity index (χ1n) is 12.3. The van der Waals surface area contributed by atoms with Crippen molar-refractivity contribution in [2.24, 2.45) is 5.41 Å². The summed E-state index contributed by atoms with van der Waals surface area (Å²) < 4.78 is 6.97. The fraction of sp³-hybridized carbons (Fsp3) is 0.467. The van der Waals surface area contributed by atoms with Gasteiger partial charge < -0.3 is 4.74 Å². The summed E-state index contributed by atoms with van der Waals surface area (Å²) in [5.74, 6) is 1.05. The molecule has 0 saturated heterocycles. The van der Waals surface area contributed by atoms with E-state index < -0.39 is 5.60 Å². The normalized spacial score (nSPS) is 31.6. The van der Waals surface area contributed by atoms with Gasteiger partial charge in [-0.1, -0.05) is 88.0 Å². The summed E-state index contributed by atoms with van der Waals surface area (Å²) in [4.78, 5) is 0. The zero-order valence-electron chi connectivity index (χ0n) is 21.0. The van der Waals surface area contributed by atoms with Crippen LogP contribution < -0.4 is 0 Å². The topological polar surface area (TPSA) is 9.23 Å². The molecule has 0 aromatic carbocycles. The van der Waals surface area contributed by atoms with Crippen LogP contribution in [0.4, 0.5) is 0 Å². The lowest BCUT2D eigenvalue weighted by atomic mass is 9.77. The van der Waals surface area contributed by atoms with Crippen molar-refractivity contribution in [2.45, 2.75) is 86.7 Å². The quantitative estimate of drug-likeness (QED) is 0.328. The molecule has 4 rings (SSSR count). The van der Waals surface area contributed by atoms with E-state index in [2.05, 4.69) is 88.5 Å². The van der Waals surface area contributed by atoms with E-state index in [0.717, 1.165) is 18.6 Å². The molecule has 31 heavy (non-hydrogen) atoms. The van der Waals surface area contributed by atoms with E-state index in [-0.39, 0.29) is 5.41 Å². The molecular weight excluding hydrogens is 376 g/mol. The molecule has 0 N–H and O–H groups in total. The van der Waals surface area contributed by atoms with Crippen LogP contribution in [0.25, 0.3) is 0 Å². The third-order valence-electron chi connectivity index (χ3n) is 6.12. The average molecular weight is 419 g/mol. The van der Waals surface area contributed by atoms with E-state index in [4.69, 9.17) is 4.74 Å². The molecule has 0 radical (unpaired) electrons. The number of ether oxygens (including phenoxy) is 1. The van der Waals surface area contributed by atoms with Crippen LogP contribution in [-0.4, -0.2) is 5.60 Å². The van der Waals surface area contributed by atoms with Crippen LogP contribution in [0, 0.1) is 5.41 Å². The van der Waals surface area contributed by atoms with Crippen molar-refractivity contribution in [1.82, 2.24) is 0 Å². The molecule has 0 bridgehead atoms. The Labute approximate surface area is 191 Å². The Morgan fingerprint density at radius 2 is 1.74 bits per heavy atom. The van der Waals surface area contributed by atoms with Crippen molar-refractivity contribution >= 4 is 0 Å². The van der Waals surface area contributed by atoms with Gasteiger partial charge in [-0.3, -0.25) is 0 Å². The van der Waals surface area contributed by atoms with Gasteiger partial charge in [0.05, 0.1) is 0 Å². The van der Waals surface area contributed by atoms with Crippen LogP contribution in [0.2, 0.25) is 0 Å². The smallest absolute Gasteiger partial charge is 0.173 e. The lowest BCUT2D eigenvalue weighted by Crippen LogP contribution is -2.37. The SMILES string of the molecule is C/C=C\C(=C/C)C1(C2=CCCCC2)C=CC2=C(O1)C1=CC1(C)/C=C(C)/C=C\2.CC.CC. The lowest BCUT2D eigenvalue weighted by molar-refractivity contribution is 0.106. The summed E-state index contributed by atoms with van der Waals surface area (Å²) >= 11 is 0. The monoisotopic (exact) mass is 418 g/mol. The number of hydrogen-bond acceptors (Lipinski definition) is 1. The Balaban J connectivity index is 0.000000807. The Morgan fingerprint density at radius 1 is 1.00 bits per heavy atom. The van der Waals surface area contributed by atoms with Gasteiger partial charge in [0.2, 0.25) is 0 Å². The molecule has 3 aliphatic carbocycles. The van der Waals surface area contributed by atoms with E-state index in [1.807, 2.05) is 27.7 Å². The number of allylic oxidation sites excluding steroid dienone is 11. The van der Waals surface area contributed by atoms with Gasteiger partial charge in [0.25, 0.3) is 0 Å². The Bertz CT molecular complexity index is 897. The first-order valence-corrected chi connectivity index (χ1v) is 12.3. The first kappa shape index (κ1) is 25.0. The van der Waals surface area contributed by atoms with Gasteiger partial charge in [-0.2, -0.15) is 0 Å². The second kappa shape index (κ2) is 10.8. The molecule has 2 unspecified atom stereocenters. The van der Waals surface area contributed by atoms with Crippen LogP contribution in [-0.2, 0) is 4.74 Å². The third kappa shape index (κ3) is 4.97. The highest BCUT2D eigenvalue weighted by atomic mass is 16.5. The Morgan fingerprint density at radius 3 is 2.35 bits per heavy atom. The van der Waals surface area contributed by atoms with Crippen molar-refractivity contribution in [3.63, 3.8) is 0 Å². The van der Waals surface area contributed by atoms with E-state index in [9.17, 15) is 0 Å². The summed E-state index contributed by atoms with van der Waals surface area (Å²) in [5, 5.41) is 0. The Hall–Kier alpha value is -2.28. The van der Waals surface area contributed by atoms with Crippen LogP contribution in [0.5, 0.6) is 0 Å². The highest BCUT2D eigenvalue weighted by Gasteiger charge is 2.47. The van der Waals surface area contributed by atoms with Gasteiger partial charge in [0.15, 0.2) is 5.60 Å². The second-order valence-corrected chi connectivity index (χ2v) is 8.24. The van der Waals surface area contributed by atoms with Crippen molar-refractivity contribution in [3.05, 3.63) is 94.4 Å². The summed E-state index contributed by atoms with van der Waals surface area (Å²) in [6.45, 7) is 16.6. The molecule has 1 aliphatic heterocycles. The molecule has 2 atom stereocenters. The average Bonchev–Trinajstić information content (AvgIpc) is 3.47. The summed E-state index contributed by atoms with van der Waals surface area (Å²) in [6.07, 6.45) is 27.3. The largest absolute Gasteiger partial charge is 0.473 e. The maximum absolute atomic E-state index is 6.97. The Kier molecular flexibility index (Phi) is 8.74. The molecular formula is C30H42O. The molecule has 0 aromatic rings. The van der Waals surface area contributed by atoms with Crippen LogP contribution >= 0.6 is 0 Å². The number of fused-ring (bicyclic) bond motifs is 2. The number of hydrogen-bond donors (Lipinski definition) is 0. The summed E-state index contributed by atoms with van der Waals surface area (Å²) in [6, 6.07) is 0. The van der Waals surface area contributed by atoms with Gasteiger partial charge in [-0.15, -0.1) is 0 Å². The molecule has 168 valence electrons. The molecule has 1 heterocycles. The fourth-order valence-electron chi connectivity index (χ4n) is 4.62. The zero-order valence-corrected chi connectivity index (χ0v) is 21.0. The predicted molar refractivity (Wildman–Crippen MR) is 137 cm³/mol. The summed E-state index contributed by atoms with van der Waals surface area (Å²) in [5.41, 5.74) is 5.99. The predicted octanol–water partition coefficient (Wildman–Crippen LogP) is 9.10. The standard InChI is InChI=1S/C26H30O.2C2H6/c1-5-10-21(6-2)26(22-11-8-7-9-12-22)16-15-20-14-13-19(3)17-25(4)18-23(25)24(20)27-26;2*1-2/h5-6,10-11,13-18H,7-9,12H2,1-4H3;2*1-2H3/b10-5-,14-13-,19-17+,21-6+;;. The molecule has 1 nitrogen and oxygen atoms in total. The maximum Gasteiger partial charge on any atom is 0.173 e. The molecule has 0 amide bonds. The molecule has 0 aromatic heterocycles. The van der Waals surface area contributed by atoms with Gasteiger partial charge in [-0.25, -0.2) is 0 Å². The molecule has 0 saturated carbocycles. The van der Waals surface area contributed by atoms with Crippen LogP contribution in [0.15, 0.2) is 94.4 Å². The van der Waals surface area contributed by atoms with Gasteiger partial charge in [-0.05, 0) is 70.6 Å². The lowest BCUT2D eigenvalue weighted by Gasteiger charge is -2.40. The van der Waals surface area contributed by atoms with Gasteiger partial charge in [0, 0.05) is 16.6 Å².